The second kappa shape index (κ2) is 7.39. The largest absolute Gasteiger partial charge is 0.495 e. The maximum Gasteiger partial charge on any atom is 0.410 e. The Labute approximate surface area is 152 Å². The van der Waals surface area contributed by atoms with Crippen LogP contribution >= 0.6 is 0 Å². The van der Waals surface area contributed by atoms with Gasteiger partial charge in [-0.2, -0.15) is 0 Å². The van der Waals surface area contributed by atoms with Crippen LogP contribution in [-0.4, -0.2) is 60.2 Å². The van der Waals surface area contributed by atoms with Gasteiger partial charge in [0, 0.05) is 31.7 Å². The number of piperazine rings is 1. The molecule has 1 heterocycles. The first-order chi connectivity index (χ1) is 12.0. The normalized spacial score (nSPS) is 17.8. The molecule has 1 fully saturated rings. The van der Waals surface area contributed by atoms with Crippen molar-refractivity contribution in [2.75, 3.05) is 32.5 Å². The number of ether oxygens (including phenoxy) is 2. The monoisotopic (exact) mass is 367 g/mol. The van der Waals surface area contributed by atoms with Crippen LogP contribution in [0.1, 0.15) is 38.1 Å². The number of anilines is 1. The van der Waals surface area contributed by atoms with Crippen molar-refractivity contribution >= 4 is 17.7 Å². The maximum absolute atomic E-state index is 14.2. The fraction of sp³-hybridized carbons (Fsp3) is 0.556. The van der Waals surface area contributed by atoms with E-state index in [1.165, 1.54) is 18.1 Å². The molecule has 0 radical (unpaired) electrons. The third-order valence-electron chi connectivity index (χ3n) is 4.09. The maximum atomic E-state index is 14.2. The Bertz CT molecular complexity index is 702. The number of hydrogen-bond acceptors (Lipinski definition) is 5. The van der Waals surface area contributed by atoms with Crippen LogP contribution in [0, 0.1) is 5.82 Å². The summed E-state index contributed by atoms with van der Waals surface area (Å²) in [6.45, 7) is 8.10. The molecule has 0 saturated carbocycles. The highest BCUT2D eigenvalue weighted by atomic mass is 19.1. The predicted molar refractivity (Wildman–Crippen MR) is 95.7 cm³/mol. The van der Waals surface area contributed by atoms with E-state index >= 15 is 0 Å². The second-order valence-corrected chi connectivity index (χ2v) is 7.35. The molecule has 0 aromatic heterocycles. The summed E-state index contributed by atoms with van der Waals surface area (Å²) in [6.07, 6.45) is -0.419. The topological polar surface area (TPSA) is 85.1 Å². The molecule has 0 unspecified atom stereocenters. The summed E-state index contributed by atoms with van der Waals surface area (Å²) < 4.78 is 24.6. The van der Waals surface area contributed by atoms with Gasteiger partial charge in [-0.05, 0) is 33.8 Å². The lowest BCUT2D eigenvalue weighted by Crippen LogP contribution is -2.56. The van der Waals surface area contributed by atoms with Crippen LogP contribution < -0.4 is 10.5 Å². The predicted octanol–water partition coefficient (Wildman–Crippen LogP) is 2.50. The Kier molecular flexibility index (Phi) is 5.63. The molecule has 2 rings (SSSR count). The fourth-order valence-corrected chi connectivity index (χ4v) is 2.81. The molecule has 1 atom stereocenters. The van der Waals surface area contributed by atoms with Crippen LogP contribution in [0.4, 0.5) is 14.9 Å². The SMILES string of the molecule is COc1cc(C(=O)N2CCN(C(=O)OC(C)(C)C)[C@@H](C)C2)c(F)cc1N. The molecule has 1 saturated heterocycles. The number of hydrogen-bond donors (Lipinski definition) is 1. The van der Waals surface area contributed by atoms with E-state index in [1.54, 1.807) is 25.7 Å². The van der Waals surface area contributed by atoms with Crippen molar-refractivity contribution in [3.63, 3.8) is 0 Å². The summed E-state index contributed by atoms with van der Waals surface area (Å²) in [5, 5.41) is 0. The van der Waals surface area contributed by atoms with Crippen molar-refractivity contribution < 1.29 is 23.5 Å². The number of nitrogen functional groups attached to an aromatic ring is 1. The number of halogens is 1. The highest BCUT2D eigenvalue weighted by Crippen LogP contribution is 2.26. The Morgan fingerprint density at radius 3 is 2.46 bits per heavy atom. The molecule has 1 aromatic carbocycles. The Morgan fingerprint density at radius 2 is 1.92 bits per heavy atom. The van der Waals surface area contributed by atoms with Crippen molar-refractivity contribution in [2.45, 2.75) is 39.3 Å². The van der Waals surface area contributed by atoms with E-state index in [9.17, 15) is 14.0 Å². The summed E-state index contributed by atoms with van der Waals surface area (Å²) in [6, 6.07) is 2.13. The lowest BCUT2D eigenvalue weighted by atomic mass is 10.1. The summed E-state index contributed by atoms with van der Waals surface area (Å²) in [5.41, 5.74) is 5.09. The van der Waals surface area contributed by atoms with Gasteiger partial charge in [-0.15, -0.1) is 0 Å². The number of carbonyl (C=O) groups is 2. The van der Waals surface area contributed by atoms with Gasteiger partial charge in [-0.1, -0.05) is 0 Å². The molecule has 0 aliphatic carbocycles. The second-order valence-electron chi connectivity index (χ2n) is 7.35. The van der Waals surface area contributed by atoms with Gasteiger partial charge in [-0.25, -0.2) is 9.18 Å². The number of nitrogens with zero attached hydrogens (tertiary/aromatic N) is 2. The molecule has 2 N–H and O–H groups in total. The van der Waals surface area contributed by atoms with Crippen molar-refractivity contribution in [3.05, 3.63) is 23.5 Å². The molecule has 0 spiro atoms. The van der Waals surface area contributed by atoms with Gasteiger partial charge in [0.05, 0.1) is 18.4 Å². The molecule has 1 aliphatic heterocycles. The van der Waals surface area contributed by atoms with Gasteiger partial charge in [0.2, 0.25) is 0 Å². The summed E-state index contributed by atoms with van der Waals surface area (Å²) in [5.74, 6) is -0.915. The molecule has 1 aliphatic rings. The minimum Gasteiger partial charge on any atom is -0.495 e. The minimum absolute atomic E-state index is 0.103. The van der Waals surface area contributed by atoms with Crippen LogP contribution in [0.15, 0.2) is 12.1 Å². The fourth-order valence-electron chi connectivity index (χ4n) is 2.81. The molecule has 7 nitrogen and oxygen atoms in total. The van der Waals surface area contributed by atoms with E-state index in [4.69, 9.17) is 15.2 Å². The van der Waals surface area contributed by atoms with Gasteiger partial charge in [0.1, 0.15) is 17.2 Å². The van der Waals surface area contributed by atoms with E-state index in [1.807, 2.05) is 6.92 Å². The molecule has 8 heteroatoms. The third kappa shape index (κ3) is 4.36. The number of rotatable bonds is 2. The first-order valence-electron chi connectivity index (χ1n) is 8.45. The highest BCUT2D eigenvalue weighted by Gasteiger charge is 2.33. The van der Waals surface area contributed by atoms with Gasteiger partial charge in [0.25, 0.3) is 5.91 Å². The number of methoxy groups -OCH3 is 1. The van der Waals surface area contributed by atoms with Crippen molar-refractivity contribution in [1.29, 1.82) is 0 Å². The smallest absolute Gasteiger partial charge is 0.410 e. The van der Waals surface area contributed by atoms with Crippen LogP contribution in [-0.2, 0) is 4.74 Å². The summed E-state index contributed by atoms with van der Waals surface area (Å²) in [7, 11) is 1.40. The molecule has 144 valence electrons. The van der Waals surface area contributed by atoms with Crippen molar-refractivity contribution in [2.24, 2.45) is 0 Å². The minimum atomic E-state index is -0.699. The lowest BCUT2D eigenvalue weighted by Gasteiger charge is -2.40. The van der Waals surface area contributed by atoms with Crippen LogP contribution in [0.3, 0.4) is 0 Å². The zero-order chi connectivity index (χ0) is 19.6. The van der Waals surface area contributed by atoms with E-state index in [2.05, 4.69) is 0 Å². The number of carbonyl (C=O) groups excluding carboxylic acids is 2. The molecule has 26 heavy (non-hydrogen) atoms. The average molecular weight is 367 g/mol. The Morgan fingerprint density at radius 1 is 1.27 bits per heavy atom. The standard InChI is InChI=1S/C18H26FN3O4/c1-11-10-21(6-7-22(11)17(24)26-18(2,3)4)16(23)12-8-15(25-5)14(20)9-13(12)19/h8-9,11H,6-7,10,20H2,1-5H3/t11-/m0/s1. The zero-order valence-corrected chi connectivity index (χ0v) is 15.8. The van der Waals surface area contributed by atoms with Gasteiger partial charge in [-0.3, -0.25) is 4.79 Å². The van der Waals surface area contributed by atoms with Crippen molar-refractivity contribution in [3.8, 4) is 5.75 Å². The molecular formula is C18H26FN3O4. The Balaban J connectivity index is 2.11. The van der Waals surface area contributed by atoms with Crippen LogP contribution in [0.5, 0.6) is 5.75 Å². The average Bonchev–Trinajstić information content (AvgIpc) is 2.52. The number of benzene rings is 1. The highest BCUT2D eigenvalue weighted by molar-refractivity contribution is 5.95. The lowest BCUT2D eigenvalue weighted by molar-refractivity contribution is 0.00190. The quantitative estimate of drug-likeness (QED) is 0.812. The molecule has 1 aromatic rings. The molecule has 0 bridgehead atoms. The Hall–Kier alpha value is -2.51. The summed E-state index contributed by atoms with van der Waals surface area (Å²) in [4.78, 5) is 28.1. The zero-order valence-electron chi connectivity index (χ0n) is 15.8. The summed E-state index contributed by atoms with van der Waals surface area (Å²) >= 11 is 0. The van der Waals surface area contributed by atoms with Crippen LogP contribution in [0.25, 0.3) is 0 Å². The van der Waals surface area contributed by atoms with E-state index in [0.717, 1.165) is 6.07 Å². The van der Waals surface area contributed by atoms with E-state index in [0.29, 0.717) is 6.54 Å². The number of amides is 2. The van der Waals surface area contributed by atoms with E-state index < -0.39 is 23.4 Å². The third-order valence-corrected chi connectivity index (χ3v) is 4.09. The molecule has 2 amide bonds. The van der Waals surface area contributed by atoms with Crippen LogP contribution in [0.2, 0.25) is 0 Å². The van der Waals surface area contributed by atoms with Crippen molar-refractivity contribution in [1.82, 2.24) is 9.80 Å². The first-order valence-corrected chi connectivity index (χ1v) is 8.45. The molecular weight excluding hydrogens is 341 g/mol. The first kappa shape index (κ1) is 19.8. The van der Waals surface area contributed by atoms with E-state index in [-0.39, 0.29) is 36.1 Å². The number of nitrogens with two attached hydrogens (primary N) is 1. The van der Waals surface area contributed by atoms with Gasteiger partial charge >= 0.3 is 6.09 Å². The van der Waals surface area contributed by atoms with Gasteiger partial charge in [0.15, 0.2) is 0 Å². The van der Waals surface area contributed by atoms with Gasteiger partial charge < -0.3 is 25.0 Å².